The molecule has 1 fully saturated rings. The number of carbonyl (C=O) groups excluding carboxylic acids is 1. The van der Waals surface area contributed by atoms with E-state index in [1.165, 1.54) is 5.56 Å². The fourth-order valence-electron chi connectivity index (χ4n) is 3.42. The summed E-state index contributed by atoms with van der Waals surface area (Å²) in [5, 5.41) is 0.394. The van der Waals surface area contributed by atoms with Crippen LogP contribution in [0.3, 0.4) is 0 Å². The Morgan fingerprint density at radius 2 is 1.82 bits per heavy atom. The molecule has 0 N–H and O–H groups in total. The van der Waals surface area contributed by atoms with Gasteiger partial charge < -0.3 is 14.4 Å². The molecular weight excluding hydrogens is 376 g/mol. The molecule has 1 aliphatic heterocycles. The van der Waals surface area contributed by atoms with Gasteiger partial charge in [-0.1, -0.05) is 41.9 Å². The van der Waals surface area contributed by atoms with E-state index in [2.05, 4.69) is 29.2 Å². The minimum Gasteiger partial charge on any atom is -0.493 e. The van der Waals surface area contributed by atoms with E-state index in [9.17, 15) is 4.79 Å². The molecule has 0 bridgehead atoms. The summed E-state index contributed by atoms with van der Waals surface area (Å²) in [4.78, 5) is 17.2. The molecule has 28 heavy (non-hydrogen) atoms. The van der Waals surface area contributed by atoms with Crippen LogP contribution >= 0.6 is 11.6 Å². The predicted octanol–water partition coefficient (Wildman–Crippen LogP) is 3.75. The molecule has 0 unspecified atom stereocenters. The molecule has 6 heteroatoms. The first-order valence-corrected chi connectivity index (χ1v) is 10.1. The first-order valence-electron chi connectivity index (χ1n) is 9.68. The molecule has 2 aromatic carbocycles. The lowest BCUT2D eigenvalue weighted by atomic mass is 10.1. The van der Waals surface area contributed by atoms with Gasteiger partial charge in [-0.05, 0) is 31.0 Å². The molecule has 0 aromatic heterocycles. The lowest BCUT2D eigenvalue weighted by Crippen LogP contribution is -2.49. The summed E-state index contributed by atoms with van der Waals surface area (Å²) in [6.45, 7) is 6.54. The highest BCUT2D eigenvalue weighted by Gasteiger charge is 2.24. The number of halogens is 1. The number of rotatable bonds is 7. The van der Waals surface area contributed by atoms with Crippen molar-refractivity contribution in [2.45, 2.75) is 13.3 Å². The number of piperazine rings is 1. The van der Waals surface area contributed by atoms with E-state index in [4.69, 9.17) is 21.1 Å². The monoisotopic (exact) mass is 402 g/mol. The average Bonchev–Trinajstić information content (AvgIpc) is 2.74. The van der Waals surface area contributed by atoms with E-state index in [0.717, 1.165) is 26.1 Å². The Morgan fingerprint density at radius 1 is 1.11 bits per heavy atom. The fourth-order valence-corrected chi connectivity index (χ4v) is 3.68. The van der Waals surface area contributed by atoms with Gasteiger partial charge in [-0.25, -0.2) is 0 Å². The van der Waals surface area contributed by atoms with Gasteiger partial charge >= 0.3 is 0 Å². The SMILES string of the molecule is CCOc1c(Cl)cc(C(=O)N2CCN(CCc3ccccc3)CC2)cc1OC. The maximum atomic E-state index is 12.9. The molecule has 0 saturated carbocycles. The van der Waals surface area contributed by atoms with Gasteiger partial charge in [-0.2, -0.15) is 0 Å². The standard InChI is InChI=1S/C22H27ClN2O3/c1-3-28-21-19(23)15-18(16-20(21)27-2)22(26)25-13-11-24(12-14-25)10-9-17-7-5-4-6-8-17/h4-8,15-16H,3,9-14H2,1-2H3. The number of hydrogen-bond donors (Lipinski definition) is 0. The van der Waals surface area contributed by atoms with Gasteiger partial charge in [0.2, 0.25) is 0 Å². The van der Waals surface area contributed by atoms with Crippen LogP contribution in [0.4, 0.5) is 0 Å². The Hall–Kier alpha value is -2.24. The third kappa shape index (κ3) is 4.97. The van der Waals surface area contributed by atoms with Crippen molar-refractivity contribution in [2.24, 2.45) is 0 Å². The van der Waals surface area contributed by atoms with Crippen LogP contribution < -0.4 is 9.47 Å². The van der Waals surface area contributed by atoms with Gasteiger partial charge in [0.05, 0.1) is 18.7 Å². The number of amides is 1. The highest BCUT2D eigenvalue weighted by molar-refractivity contribution is 6.32. The topological polar surface area (TPSA) is 42.0 Å². The molecule has 1 heterocycles. The molecule has 1 saturated heterocycles. The molecule has 5 nitrogen and oxygen atoms in total. The normalized spacial score (nSPS) is 14.8. The van der Waals surface area contributed by atoms with Crippen molar-refractivity contribution in [3.63, 3.8) is 0 Å². The van der Waals surface area contributed by atoms with E-state index in [-0.39, 0.29) is 5.91 Å². The van der Waals surface area contributed by atoms with E-state index >= 15 is 0 Å². The second kappa shape index (κ2) is 9.80. The molecule has 0 radical (unpaired) electrons. The third-order valence-corrected chi connectivity index (χ3v) is 5.26. The van der Waals surface area contributed by atoms with Crippen LogP contribution in [0.15, 0.2) is 42.5 Å². The number of ether oxygens (including phenoxy) is 2. The van der Waals surface area contributed by atoms with Gasteiger partial charge in [-0.15, -0.1) is 0 Å². The minimum absolute atomic E-state index is 0.0223. The summed E-state index contributed by atoms with van der Waals surface area (Å²) in [5.74, 6) is 0.944. The molecule has 3 rings (SSSR count). The smallest absolute Gasteiger partial charge is 0.254 e. The highest BCUT2D eigenvalue weighted by atomic mass is 35.5. The van der Waals surface area contributed by atoms with Crippen LogP contribution in [0.2, 0.25) is 5.02 Å². The van der Waals surface area contributed by atoms with Crippen molar-refractivity contribution in [3.05, 3.63) is 58.6 Å². The fraction of sp³-hybridized carbons (Fsp3) is 0.409. The zero-order valence-electron chi connectivity index (χ0n) is 16.5. The molecule has 0 atom stereocenters. The number of benzene rings is 2. The van der Waals surface area contributed by atoms with Gasteiger partial charge in [0.15, 0.2) is 11.5 Å². The van der Waals surface area contributed by atoms with E-state index in [1.54, 1.807) is 19.2 Å². The van der Waals surface area contributed by atoms with Crippen LogP contribution in [0.25, 0.3) is 0 Å². The predicted molar refractivity (Wildman–Crippen MR) is 112 cm³/mol. The van der Waals surface area contributed by atoms with E-state index in [0.29, 0.717) is 41.8 Å². The first kappa shape index (κ1) is 20.5. The lowest BCUT2D eigenvalue weighted by Gasteiger charge is -2.35. The maximum Gasteiger partial charge on any atom is 0.254 e. The Kier molecular flexibility index (Phi) is 7.18. The van der Waals surface area contributed by atoms with Crippen LogP contribution in [0, 0.1) is 0 Å². The van der Waals surface area contributed by atoms with Crippen LogP contribution in [0.1, 0.15) is 22.8 Å². The summed E-state index contributed by atoms with van der Waals surface area (Å²) in [6, 6.07) is 13.9. The lowest BCUT2D eigenvalue weighted by molar-refractivity contribution is 0.0638. The van der Waals surface area contributed by atoms with E-state index in [1.807, 2.05) is 17.9 Å². The van der Waals surface area contributed by atoms with E-state index < -0.39 is 0 Å². The molecule has 2 aromatic rings. The molecule has 0 aliphatic carbocycles. The Morgan fingerprint density at radius 3 is 2.46 bits per heavy atom. The summed E-state index contributed by atoms with van der Waals surface area (Å²) >= 11 is 6.31. The zero-order chi connectivity index (χ0) is 19.9. The molecule has 1 amide bonds. The molecular formula is C22H27ClN2O3. The quantitative estimate of drug-likeness (QED) is 0.707. The highest BCUT2D eigenvalue weighted by Crippen LogP contribution is 2.36. The number of carbonyl (C=O) groups is 1. The Balaban J connectivity index is 1.58. The first-order chi connectivity index (χ1) is 13.6. The van der Waals surface area contributed by atoms with Crippen molar-refractivity contribution in [1.82, 2.24) is 9.80 Å². The second-order valence-electron chi connectivity index (χ2n) is 6.79. The second-order valence-corrected chi connectivity index (χ2v) is 7.20. The van der Waals surface area contributed by atoms with Crippen molar-refractivity contribution in [1.29, 1.82) is 0 Å². The van der Waals surface area contributed by atoms with Crippen LogP contribution in [-0.2, 0) is 6.42 Å². The Bertz CT molecular complexity index is 790. The maximum absolute atomic E-state index is 12.9. The summed E-state index contributed by atoms with van der Waals surface area (Å²) in [5.41, 5.74) is 1.88. The number of nitrogens with zero attached hydrogens (tertiary/aromatic N) is 2. The van der Waals surface area contributed by atoms with Crippen molar-refractivity contribution in [2.75, 3.05) is 46.4 Å². The van der Waals surface area contributed by atoms with Gasteiger partial charge in [0.1, 0.15) is 0 Å². The summed E-state index contributed by atoms with van der Waals surface area (Å²) < 4.78 is 10.9. The van der Waals surface area contributed by atoms with Gasteiger partial charge in [0.25, 0.3) is 5.91 Å². The molecule has 150 valence electrons. The zero-order valence-corrected chi connectivity index (χ0v) is 17.2. The van der Waals surface area contributed by atoms with Gasteiger partial charge in [-0.3, -0.25) is 9.69 Å². The van der Waals surface area contributed by atoms with Crippen molar-refractivity contribution in [3.8, 4) is 11.5 Å². The minimum atomic E-state index is -0.0223. The summed E-state index contributed by atoms with van der Waals surface area (Å²) in [7, 11) is 1.55. The number of methoxy groups -OCH3 is 1. The van der Waals surface area contributed by atoms with Crippen LogP contribution in [0.5, 0.6) is 11.5 Å². The average molecular weight is 403 g/mol. The number of hydrogen-bond acceptors (Lipinski definition) is 4. The van der Waals surface area contributed by atoms with Crippen molar-refractivity contribution < 1.29 is 14.3 Å². The van der Waals surface area contributed by atoms with Crippen LogP contribution in [-0.4, -0.2) is 62.1 Å². The van der Waals surface area contributed by atoms with Gasteiger partial charge in [0, 0.05) is 38.3 Å². The molecule has 1 aliphatic rings. The largest absolute Gasteiger partial charge is 0.493 e. The Labute approximate surface area is 171 Å². The summed E-state index contributed by atoms with van der Waals surface area (Å²) in [6.07, 6.45) is 1.03. The third-order valence-electron chi connectivity index (χ3n) is 4.98. The van der Waals surface area contributed by atoms with Crippen molar-refractivity contribution >= 4 is 17.5 Å². The molecule has 0 spiro atoms.